The van der Waals surface area contributed by atoms with Gasteiger partial charge in [0.2, 0.25) is 5.89 Å². The highest BCUT2D eigenvalue weighted by molar-refractivity contribution is 5.85. The average Bonchev–Trinajstić information content (AvgIpc) is 2.59. The molecule has 1 N–H and O–H groups in total. The minimum Gasteiger partial charge on any atom is -0.338 e. The molecule has 1 fully saturated rings. The van der Waals surface area contributed by atoms with Gasteiger partial charge in [0.25, 0.3) is 0 Å². The number of nitrogens with one attached hydrogen (secondary N) is 1. The van der Waals surface area contributed by atoms with Crippen LogP contribution in [-0.4, -0.2) is 16.7 Å². The van der Waals surface area contributed by atoms with Gasteiger partial charge in [-0.2, -0.15) is 4.98 Å². The number of hydrogen-bond donors (Lipinski definition) is 1. The molecule has 0 aromatic carbocycles. The fourth-order valence-electron chi connectivity index (χ4n) is 1.23. The van der Waals surface area contributed by atoms with Gasteiger partial charge in [-0.15, -0.1) is 12.4 Å². The molecule has 0 aliphatic carbocycles. The zero-order chi connectivity index (χ0) is 6.81. The van der Waals surface area contributed by atoms with Crippen LogP contribution in [0.1, 0.15) is 24.8 Å². The molecule has 0 unspecified atom stereocenters. The Labute approximate surface area is 70.8 Å². The Hall–Kier alpha value is -0.610. The molecular weight excluding hydrogens is 166 g/mol. The molecule has 2 heterocycles. The molecule has 0 radical (unpaired) electrons. The van der Waals surface area contributed by atoms with Crippen molar-refractivity contribution in [3.63, 3.8) is 0 Å². The Morgan fingerprint density at radius 2 is 2.55 bits per heavy atom. The zero-order valence-corrected chi connectivity index (χ0v) is 6.80. The van der Waals surface area contributed by atoms with Gasteiger partial charge in [-0.1, -0.05) is 5.16 Å². The van der Waals surface area contributed by atoms with E-state index in [1.807, 2.05) is 0 Å². The summed E-state index contributed by atoms with van der Waals surface area (Å²) in [6.07, 6.45) is 3.75. The van der Waals surface area contributed by atoms with Crippen molar-refractivity contribution in [3.05, 3.63) is 12.2 Å². The molecule has 62 valence electrons. The van der Waals surface area contributed by atoms with Gasteiger partial charge in [0.1, 0.15) is 0 Å². The summed E-state index contributed by atoms with van der Waals surface area (Å²) in [7, 11) is 0. The van der Waals surface area contributed by atoms with Gasteiger partial charge in [0.05, 0.1) is 6.04 Å². The molecule has 11 heavy (non-hydrogen) atoms. The van der Waals surface area contributed by atoms with Crippen LogP contribution in [0.15, 0.2) is 10.9 Å². The second-order valence-electron chi connectivity index (χ2n) is 2.43. The zero-order valence-electron chi connectivity index (χ0n) is 5.99. The molecule has 1 saturated heterocycles. The van der Waals surface area contributed by atoms with Crippen LogP contribution in [0.25, 0.3) is 0 Å². The summed E-state index contributed by atoms with van der Waals surface area (Å²) in [5, 5.41) is 6.80. The smallest absolute Gasteiger partial charge is 0.243 e. The monoisotopic (exact) mass is 175 g/mol. The normalized spacial score (nSPS) is 23.1. The summed E-state index contributed by atoms with van der Waals surface area (Å²) in [6, 6.07) is 0.308. The van der Waals surface area contributed by atoms with Crippen molar-refractivity contribution in [2.24, 2.45) is 0 Å². The number of nitrogens with zero attached hydrogens (tertiary/aromatic N) is 2. The third kappa shape index (κ3) is 1.70. The molecule has 1 aliphatic rings. The highest BCUT2D eigenvalue weighted by Crippen LogP contribution is 2.19. The lowest BCUT2D eigenvalue weighted by atomic mass is 10.2. The first-order chi connectivity index (χ1) is 4.97. The number of rotatable bonds is 1. The van der Waals surface area contributed by atoms with Gasteiger partial charge in [0.15, 0.2) is 6.33 Å². The Morgan fingerprint density at radius 1 is 1.64 bits per heavy atom. The minimum atomic E-state index is 0. The van der Waals surface area contributed by atoms with Crippen LogP contribution in [0.3, 0.4) is 0 Å². The van der Waals surface area contributed by atoms with E-state index in [2.05, 4.69) is 15.5 Å². The van der Waals surface area contributed by atoms with E-state index in [4.69, 9.17) is 4.52 Å². The Kier molecular flexibility index (Phi) is 2.84. The molecular formula is C6H10ClN3O. The van der Waals surface area contributed by atoms with Crippen molar-refractivity contribution < 1.29 is 4.52 Å². The molecule has 2 rings (SSSR count). The first-order valence-corrected chi connectivity index (χ1v) is 3.47. The summed E-state index contributed by atoms with van der Waals surface area (Å²) >= 11 is 0. The van der Waals surface area contributed by atoms with E-state index in [1.54, 1.807) is 0 Å². The van der Waals surface area contributed by atoms with E-state index in [1.165, 1.54) is 12.7 Å². The van der Waals surface area contributed by atoms with Crippen LogP contribution < -0.4 is 5.32 Å². The van der Waals surface area contributed by atoms with Gasteiger partial charge in [-0.25, -0.2) is 0 Å². The first kappa shape index (κ1) is 8.49. The lowest BCUT2D eigenvalue weighted by Gasteiger charge is -2.00. The van der Waals surface area contributed by atoms with Crippen molar-refractivity contribution in [2.75, 3.05) is 6.54 Å². The van der Waals surface area contributed by atoms with Crippen LogP contribution in [0.4, 0.5) is 0 Å². The fourth-order valence-corrected chi connectivity index (χ4v) is 1.23. The lowest BCUT2D eigenvalue weighted by Crippen LogP contribution is -2.12. The summed E-state index contributed by atoms with van der Waals surface area (Å²) in [6.45, 7) is 1.06. The molecule has 1 aliphatic heterocycles. The van der Waals surface area contributed by atoms with Gasteiger partial charge in [-0.3, -0.25) is 0 Å². The van der Waals surface area contributed by atoms with Crippen molar-refractivity contribution in [1.29, 1.82) is 0 Å². The van der Waals surface area contributed by atoms with Crippen LogP contribution in [0.2, 0.25) is 0 Å². The average molecular weight is 176 g/mol. The number of halogens is 1. The third-order valence-corrected chi connectivity index (χ3v) is 1.74. The van der Waals surface area contributed by atoms with E-state index in [0.29, 0.717) is 6.04 Å². The maximum Gasteiger partial charge on any atom is 0.243 e. The van der Waals surface area contributed by atoms with E-state index >= 15 is 0 Å². The van der Waals surface area contributed by atoms with Gasteiger partial charge in [0, 0.05) is 0 Å². The Morgan fingerprint density at radius 3 is 3.09 bits per heavy atom. The molecule has 5 heteroatoms. The lowest BCUT2D eigenvalue weighted by molar-refractivity contribution is 0.344. The predicted octanol–water partition coefficient (Wildman–Crippen LogP) is 0.916. The van der Waals surface area contributed by atoms with Crippen LogP contribution >= 0.6 is 12.4 Å². The van der Waals surface area contributed by atoms with E-state index in [0.717, 1.165) is 18.9 Å². The number of aromatic nitrogens is 2. The van der Waals surface area contributed by atoms with Crippen LogP contribution in [0, 0.1) is 0 Å². The van der Waals surface area contributed by atoms with Crippen LogP contribution in [0.5, 0.6) is 0 Å². The SMILES string of the molecule is Cl.c1noc([C@H]2CCCN2)n1. The summed E-state index contributed by atoms with van der Waals surface area (Å²) < 4.78 is 4.89. The highest BCUT2D eigenvalue weighted by atomic mass is 35.5. The van der Waals surface area contributed by atoms with Gasteiger partial charge >= 0.3 is 0 Å². The molecule has 0 bridgehead atoms. The molecule has 1 atom stereocenters. The quantitative estimate of drug-likeness (QED) is 0.690. The standard InChI is InChI=1S/C6H9N3O.ClH/c1-2-5(7-3-1)6-8-4-9-10-6;/h4-5,7H,1-3H2;1H/t5-;/m1./s1. The summed E-state index contributed by atoms with van der Waals surface area (Å²) in [5.41, 5.74) is 0. The number of hydrogen-bond acceptors (Lipinski definition) is 4. The second kappa shape index (κ2) is 3.69. The molecule has 1 aromatic heterocycles. The molecule has 1 aromatic rings. The second-order valence-corrected chi connectivity index (χ2v) is 2.43. The molecule has 0 amide bonds. The maximum absolute atomic E-state index is 4.89. The largest absolute Gasteiger partial charge is 0.338 e. The van der Waals surface area contributed by atoms with Crippen molar-refractivity contribution >= 4 is 12.4 Å². The van der Waals surface area contributed by atoms with Crippen molar-refractivity contribution in [2.45, 2.75) is 18.9 Å². The molecule has 0 saturated carbocycles. The van der Waals surface area contributed by atoms with E-state index in [-0.39, 0.29) is 12.4 Å². The summed E-state index contributed by atoms with van der Waals surface area (Å²) in [4.78, 5) is 3.96. The maximum atomic E-state index is 4.89. The van der Waals surface area contributed by atoms with Crippen LogP contribution in [-0.2, 0) is 0 Å². The highest BCUT2D eigenvalue weighted by Gasteiger charge is 2.20. The van der Waals surface area contributed by atoms with Crippen molar-refractivity contribution in [3.8, 4) is 0 Å². The Bertz CT molecular complexity index is 196. The molecule has 0 spiro atoms. The first-order valence-electron chi connectivity index (χ1n) is 3.47. The third-order valence-electron chi connectivity index (χ3n) is 1.74. The van der Waals surface area contributed by atoms with E-state index < -0.39 is 0 Å². The van der Waals surface area contributed by atoms with E-state index in [9.17, 15) is 0 Å². The fraction of sp³-hybridized carbons (Fsp3) is 0.667. The summed E-state index contributed by atoms with van der Waals surface area (Å²) in [5.74, 6) is 0.720. The van der Waals surface area contributed by atoms with Crippen molar-refractivity contribution in [1.82, 2.24) is 15.5 Å². The van der Waals surface area contributed by atoms with Gasteiger partial charge < -0.3 is 9.84 Å². The minimum absolute atomic E-state index is 0. The predicted molar refractivity (Wildman–Crippen MR) is 41.5 cm³/mol. The van der Waals surface area contributed by atoms with Gasteiger partial charge in [-0.05, 0) is 19.4 Å². The topological polar surface area (TPSA) is 51.0 Å². The Balaban J connectivity index is 0.000000605. The molecule has 4 nitrogen and oxygen atoms in total.